The van der Waals surface area contributed by atoms with Crippen LogP contribution >= 0.6 is 0 Å². The number of hydrogen-bond acceptors (Lipinski definition) is 39. The molecule has 0 radical (unpaired) electrons. The van der Waals surface area contributed by atoms with Crippen LogP contribution in [0.25, 0.3) is 0 Å². The number of nitrogens with two attached hydrogens (primary N) is 6. The maximum Gasteiger partial charge on any atom is 0.451 e. The van der Waals surface area contributed by atoms with Gasteiger partial charge in [0.25, 0.3) is 51.0 Å². The number of hydrazine groups is 4. The lowest BCUT2D eigenvalue weighted by Crippen LogP contribution is -2.49. The summed E-state index contributed by atoms with van der Waals surface area (Å²) in [4.78, 5) is 85.8. The van der Waals surface area contributed by atoms with Crippen molar-refractivity contribution in [1.82, 2.24) is 59.8 Å². The second-order valence-corrected chi connectivity index (χ2v) is 34.8. The Morgan fingerprint density at radius 2 is 0.598 bits per heavy atom. The van der Waals surface area contributed by atoms with Crippen molar-refractivity contribution < 1.29 is 140 Å². The van der Waals surface area contributed by atoms with Crippen molar-refractivity contribution in [3.63, 3.8) is 0 Å². The van der Waals surface area contributed by atoms with E-state index in [1.54, 1.807) is 47.0 Å². The lowest BCUT2D eigenvalue weighted by atomic mass is 9.82. The summed E-state index contributed by atoms with van der Waals surface area (Å²) in [5.74, 6) is 5.73. The van der Waals surface area contributed by atoms with Crippen LogP contribution in [0.1, 0.15) is 91.9 Å². The zero-order valence-electron chi connectivity index (χ0n) is 64.8. The van der Waals surface area contributed by atoms with Gasteiger partial charge in [-0.3, -0.25) is 5.84 Å². The van der Waals surface area contributed by atoms with E-state index < -0.39 is 86.6 Å². The Hall–Kier alpha value is -4.19. The molecule has 5 aliphatic heterocycles. The molecule has 0 spiro atoms. The SMILES string of the molecule is CCN(CC)S(=O)(=O)N1C[C@H](CCCB(O)O)[C@@H](N)C1.CCN(N(C)C)S(=O)(=O)N1C[C@H](CCCB(O)O)[C@@H](N)C1.CCN(N)S(=O)(=O)N1C[C@H](CCCB(O)O)[C@@H](N)C1.CN(C)NS(=O)(=O)N1C[C@H](CCCB(O)O)[C@@H](N)C1.CNNS(=O)(=O)N1C[C@H](CCCB(O)O)[C@@H](N)C1.O=C=O.O=C=O.O=C=O.O=C=O.O=C=O. The highest BCUT2D eigenvalue weighted by Crippen LogP contribution is 2.29. The summed E-state index contributed by atoms with van der Waals surface area (Å²) in [5.41, 5.74) is 32.2. The molecule has 112 heavy (non-hydrogen) atoms. The van der Waals surface area contributed by atoms with Gasteiger partial charge in [-0.25, -0.2) is 15.4 Å². The van der Waals surface area contributed by atoms with Gasteiger partial charge in [0.2, 0.25) is 0 Å². The van der Waals surface area contributed by atoms with Crippen molar-refractivity contribution in [2.75, 3.05) is 127 Å². The third-order valence-electron chi connectivity index (χ3n) is 17.3. The van der Waals surface area contributed by atoms with Crippen LogP contribution < -0.4 is 49.6 Å². The number of rotatable bonds is 37. The normalized spacial score (nSPS) is 21.9. The minimum Gasteiger partial charge on any atom is -0.427 e. The van der Waals surface area contributed by atoms with E-state index in [9.17, 15) is 42.1 Å². The van der Waals surface area contributed by atoms with Crippen molar-refractivity contribution in [3.8, 4) is 0 Å². The van der Waals surface area contributed by atoms with Crippen molar-refractivity contribution in [2.24, 2.45) is 64.1 Å². The summed E-state index contributed by atoms with van der Waals surface area (Å²) in [6.45, 7) is 11.9. The van der Waals surface area contributed by atoms with E-state index in [2.05, 4.69) is 15.1 Å². The van der Waals surface area contributed by atoms with Gasteiger partial charge in [0, 0.05) is 150 Å². The highest BCUT2D eigenvalue weighted by Gasteiger charge is 2.43. The van der Waals surface area contributed by atoms with Gasteiger partial charge in [0.15, 0.2) is 0 Å². The zero-order chi connectivity index (χ0) is 88.1. The van der Waals surface area contributed by atoms with E-state index in [1.165, 1.54) is 42.3 Å². The van der Waals surface area contributed by atoms with E-state index in [4.69, 9.17) is 133 Å². The topological polar surface area (TPSA) is 768 Å². The average Bonchev–Trinajstić information content (AvgIpc) is 1.58. The van der Waals surface area contributed by atoms with Crippen LogP contribution in [0.2, 0.25) is 31.6 Å². The molecule has 0 aromatic carbocycles. The molecule has 652 valence electrons. The second-order valence-electron chi connectivity index (χ2n) is 25.8. The van der Waals surface area contributed by atoms with E-state index >= 15 is 0 Å². The lowest BCUT2D eigenvalue weighted by Gasteiger charge is -2.30. The molecule has 0 aliphatic carbocycles. The second kappa shape index (κ2) is 63.0. The number of nitrogens with one attached hydrogen (secondary N) is 3. The molecule has 59 heteroatoms. The molecule has 0 aromatic rings. The predicted octanol–water partition coefficient (Wildman–Crippen LogP) is -12.1. The molecule has 0 saturated carbocycles. The minimum absolute atomic E-state index is 0.0266. The van der Waals surface area contributed by atoms with Crippen LogP contribution in [0.3, 0.4) is 0 Å². The first kappa shape index (κ1) is 116. The van der Waals surface area contributed by atoms with Crippen molar-refractivity contribution in [2.45, 2.75) is 154 Å². The Balaban J connectivity index is -0.000000407. The Morgan fingerprint density at radius 3 is 0.812 bits per heavy atom. The summed E-state index contributed by atoms with van der Waals surface area (Å²) in [7, 11) is -16.1. The van der Waals surface area contributed by atoms with Crippen LogP contribution in [0.4, 0.5) is 0 Å². The first-order chi connectivity index (χ1) is 52.0. The van der Waals surface area contributed by atoms with E-state index in [0.29, 0.717) is 136 Å². The first-order valence-electron chi connectivity index (χ1n) is 35.1. The molecule has 0 amide bonds. The fraction of sp³-hybridized carbons (Fsp3) is 0.906. The number of nitrogens with zero attached hydrogens (tertiary/aromatic N) is 10. The van der Waals surface area contributed by atoms with Crippen molar-refractivity contribution in [1.29, 1.82) is 0 Å². The summed E-state index contributed by atoms with van der Waals surface area (Å²) in [6, 6.07) is -1.06. The maximum absolute atomic E-state index is 12.6. The zero-order valence-corrected chi connectivity index (χ0v) is 68.9. The third-order valence-corrected chi connectivity index (χ3v) is 26.3. The van der Waals surface area contributed by atoms with Gasteiger partial charge >= 0.3 is 66.3 Å². The number of carbonyl (C=O) groups excluding carboxylic acids is 10. The molecule has 5 heterocycles. The summed E-state index contributed by atoms with van der Waals surface area (Å²) < 4.78 is 132. The van der Waals surface area contributed by atoms with Crippen LogP contribution in [-0.4, -0.2) is 360 Å². The molecule has 5 fully saturated rings. The van der Waals surface area contributed by atoms with Gasteiger partial charge in [-0.1, -0.05) is 46.0 Å². The monoisotopic (exact) mass is 1720 g/mol. The lowest BCUT2D eigenvalue weighted by molar-refractivity contribution is -0.193. The fourth-order valence-electron chi connectivity index (χ4n) is 11.9. The van der Waals surface area contributed by atoms with Gasteiger partial charge in [0.05, 0.1) is 0 Å². The molecule has 25 N–H and O–H groups in total. The fourth-order valence-corrected chi connectivity index (χ4v) is 19.2. The van der Waals surface area contributed by atoms with E-state index in [1.807, 2.05) is 13.8 Å². The average molecular weight is 1720 g/mol. The quantitative estimate of drug-likeness (QED) is 0.0156. The number of hydrogen-bond donors (Lipinski definition) is 19. The van der Waals surface area contributed by atoms with Crippen LogP contribution in [0.5, 0.6) is 0 Å². The molecule has 5 aliphatic rings. The Bertz CT molecular complexity index is 3220. The van der Waals surface area contributed by atoms with Gasteiger partial charge in [0.1, 0.15) is 0 Å². The smallest absolute Gasteiger partial charge is 0.427 e. The molecular formula is C53H120B5N19O30S5. The van der Waals surface area contributed by atoms with Crippen molar-refractivity contribution in [3.05, 3.63) is 0 Å². The maximum atomic E-state index is 12.6. The molecular weight excluding hydrogens is 1600 g/mol. The molecule has 49 nitrogen and oxygen atoms in total. The van der Waals surface area contributed by atoms with E-state index in [-0.39, 0.29) is 142 Å². The largest absolute Gasteiger partial charge is 0.451 e. The predicted molar refractivity (Wildman–Crippen MR) is 401 cm³/mol. The summed E-state index contributed by atoms with van der Waals surface area (Å²) in [5, 5.41) is 90.8. The van der Waals surface area contributed by atoms with Crippen molar-refractivity contribution >= 4 is 117 Å². The highest BCUT2D eigenvalue weighted by atomic mass is 32.2. The van der Waals surface area contributed by atoms with E-state index in [0.717, 1.165) is 4.41 Å². The molecule has 5 rings (SSSR count). The summed E-state index contributed by atoms with van der Waals surface area (Å²) >= 11 is 0. The molecule has 0 bridgehead atoms. The van der Waals surface area contributed by atoms with Crippen LogP contribution in [0, 0.1) is 29.6 Å². The van der Waals surface area contributed by atoms with Crippen LogP contribution in [0.15, 0.2) is 0 Å². The minimum atomic E-state index is -3.63. The Labute approximate surface area is 658 Å². The van der Waals surface area contributed by atoms with Crippen LogP contribution in [-0.2, 0) is 99.0 Å². The first-order valence-corrected chi connectivity index (χ1v) is 42.2. The standard InChI is InChI=1S/C11H27BN4O4S.C11H26BN3O4S.2C9H23BN4O4S.C8H21BN4O4S.5CO2/c1-4-16(14(2)3)21(19,20)15-8-10(11(13)9-15)6-5-7-12(17)18;1-3-14(4-2)20(18,19)15-8-10(11(13)9-15)6-5-7-12(16)17;1-13(2)12-19(17,18)14-6-8(9(11)7-14)4-3-5-10(15)16;1-2-14(12)19(17,18)13-6-8(9(11)7-13)4-3-5-10(15)16;1-11-12-18(16,17)13-5-7(8(10)6-13)3-2-4-9(14)15;5*2-1-3/h10-11,17-18H,4-9,13H2,1-3H3;10-11,16-17H,3-9,13H2,1-2H3;8-9,12,15-16H,3-7,11H2,1-2H3;8-9,15-16H,2-7,11-12H2,1H3;7-8,11-12,14-15H,2-6,10H2,1H3;;;;;/t2*10-,11-;2*8-,9-;7-,8-;;;;;/m00000...../s1. The van der Waals surface area contributed by atoms with Gasteiger partial charge < -0.3 is 78.9 Å². The molecule has 5 saturated heterocycles. The Kier molecular flexibility index (Phi) is 65.4. The van der Waals surface area contributed by atoms with Gasteiger partial charge in [-0.15, -0.1) is 18.5 Å². The van der Waals surface area contributed by atoms with Gasteiger partial charge in [-0.2, -0.15) is 116 Å². The highest BCUT2D eigenvalue weighted by molar-refractivity contribution is 7.88. The van der Waals surface area contributed by atoms with Gasteiger partial charge in [-0.05, 0) is 114 Å². The molecule has 0 unspecified atom stereocenters. The Morgan fingerprint density at radius 1 is 0.366 bits per heavy atom. The molecule has 0 aromatic heterocycles. The summed E-state index contributed by atoms with van der Waals surface area (Å²) in [6.07, 6.45) is 9.20. The third kappa shape index (κ3) is 48.5. The molecule has 10 atom stereocenters.